The van der Waals surface area contributed by atoms with Crippen LogP contribution < -0.4 is 0 Å². The Morgan fingerprint density at radius 3 is 0.792 bits per heavy atom. The highest BCUT2D eigenvalue weighted by molar-refractivity contribution is 5.71. The average molecular weight is 1010 g/mol. The van der Waals surface area contributed by atoms with Gasteiger partial charge in [0.2, 0.25) is 0 Å². The van der Waals surface area contributed by atoms with Gasteiger partial charge in [0.05, 0.1) is 0 Å². The molecule has 1 atom stereocenters. The van der Waals surface area contributed by atoms with E-state index in [1.165, 1.54) is 225 Å². The molecule has 72 heavy (non-hydrogen) atoms. The van der Waals surface area contributed by atoms with Gasteiger partial charge in [-0.2, -0.15) is 0 Å². The molecule has 0 saturated heterocycles. The molecule has 0 rings (SSSR count). The van der Waals surface area contributed by atoms with Gasteiger partial charge in [-0.15, -0.1) is 0 Å². The van der Waals surface area contributed by atoms with E-state index in [0.29, 0.717) is 19.3 Å². The van der Waals surface area contributed by atoms with E-state index in [1.54, 1.807) is 0 Å². The van der Waals surface area contributed by atoms with E-state index in [4.69, 9.17) is 14.2 Å². The fraction of sp³-hybridized carbons (Fsp3) is 0.833. The largest absolute Gasteiger partial charge is 0.462 e. The summed E-state index contributed by atoms with van der Waals surface area (Å²) in [4.78, 5) is 38.3. The van der Waals surface area contributed by atoms with Crippen LogP contribution in [0.2, 0.25) is 0 Å². The summed E-state index contributed by atoms with van der Waals surface area (Å²) in [6, 6.07) is 0. The number of esters is 3. The first-order valence-electron chi connectivity index (χ1n) is 31.6. The van der Waals surface area contributed by atoms with Crippen LogP contribution in [0.1, 0.15) is 335 Å². The Morgan fingerprint density at radius 1 is 0.278 bits per heavy atom. The molecule has 6 nitrogen and oxygen atoms in total. The number of hydrogen-bond donors (Lipinski definition) is 0. The molecule has 0 aliphatic rings. The highest BCUT2D eigenvalue weighted by Crippen LogP contribution is 2.17. The predicted molar refractivity (Wildman–Crippen MR) is 312 cm³/mol. The van der Waals surface area contributed by atoms with Crippen LogP contribution in [-0.2, 0) is 28.6 Å². The molecule has 1 unspecified atom stereocenters. The van der Waals surface area contributed by atoms with Crippen LogP contribution >= 0.6 is 0 Å². The second-order valence-electron chi connectivity index (χ2n) is 21.3. The lowest BCUT2D eigenvalue weighted by molar-refractivity contribution is -0.167. The first kappa shape index (κ1) is 69.4. The van der Waals surface area contributed by atoms with E-state index in [2.05, 4.69) is 69.4 Å². The number of rotatable bonds is 58. The molecule has 6 heteroatoms. The highest BCUT2D eigenvalue weighted by Gasteiger charge is 2.19. The van der Waals surface area contributed by atoms with Gasteiger partial charge in [0.25, 0.3) is 0 Å². The first-order chi connectivity index (χ1) is 35.5. The van der Waals surface area contributed by atoms with Gasteiger partial charge >= 0.3 is 17.9 Å². The number of allylic oxidation sites excluding steroid dienone is 8. The number of unbranched alkanes of at least 4 members (excludes halogenated alkanes) is 39. The molecule has 0 heterocycles. The average Bonchev–Trinajstić information content (AvgIpc) is 3.38. The van der Waals surface area contributed by atoms with E-state index >= 15 is 0 Å². The molecule has 0 amide bonds. The van der Waals surface area contributed by atoms with Crippen LogP contribution in [0, 0.1) is 0 Å². The Kier molecular flexibility index (Phi) is 58.7. The van der Waals surface area contributed by atoms with Gasteiger partial charge in [-0.1, -0.05) is 281 Å². The molecule has 0 aromatic rings. The van der Waals surface area contributed by atoms with Crippen molar-refractivity contribution in [2.24, 2.45) is 0 Å². The van der Waals surface area contributed by atoms with Gasteiger partial charge < -0.3 is 14.2 Å². The minimum atomic E-state index is -0.776. The van der Waals surface area contributed by atoms with E-state index in [9.17, 15) is 14.4 Å². The van der Waals surface area contributed by atoms with Crippen molar-refractivity contribution in [3.63, 3.8) is 0 Å². The summed E-state index contributed by atoms with van der Waals surface area (Å²) in [5.41, 5.74) is 0. The van der Waals surface area contributed by atoms with Gasteiger partial charge in [-0.25, -0.2) is 0 Å². The van der Waals surface area contributed by atoms with Gasteiger partial charge in [0.15, 0.2) is 6.10 Å². The van der Waals surface area contributed by atoms with Crippen LogP contribution in [0.15, 0.2) is 48.6 Å². The van der Waals surface area contributed by atoms with Gasteiger partial charge in [-0.05, 0) is 83.5 Å². The molecule has 0 saturated carbocycles. The van der Waals surface area contributed by atoms with Crippen molar-refractivity contribution < 1.29 is 28.6 Å². The van der Waals surface area contributed by atoms with E-state index in [0.717, 1.165) is 70.6 Å². The molecule has 0 fully saturated rings. The Hall–Kier alpha value is -2.63. The molecular weight excluding hydrogens is 889 g/mol. The molecule has 0 aromatic heterocycles. The summed E-state index contributed by atoms with van der Waals surface area (Å²) >= 11 is 0. The maximum absolute atomic E-state index is 12.9. The SMILES string of the molecule is CCCCC/C=C\C/C=C\CCCCCCCCCCCC(=O)OCC(COC(=O)CCCCCCCCCCCCCCCCCC)OC(=O)CCCCCCCCCCC/C=C\C/C=C\CCCCC. The third-order valence-electron chi connectivity index (χ3n) is 14.1. The molecule has 0 spiro atoms. The maximum Gasteiger partial charge on any atom is 0.306 e. The lowest BCUT2D eigenvalue weighted by Crippen LogP contribution is -2.30. The van der Waals surface area contributed by atoms with Gasteiger partial charge in [0.1, 0.15) is 13.2 Å². The minimum Gasteiger partial charge on any atom is -0.462 e. The molecule has 0 aliphatic carbocycles. The van der Waals surface area contributed by atoms with Crippen LogP contribution in [0.3, 0.4) is 0 Å². The summed E-state index contributed by atoms with van der Waals surface area (Å²) in [7, 11) is 0. The van der Waals surface area contributed by atoms with Gasteiger partial charge in [0, 0.05) is 19.3 Å². The molecule has 0 N–H and O–H groups in total. The smallest absolute Gasteiger partial charge is 0.306 e. The Bertz CT molecular complexity index is 1250. The lowest BCUT2D eigenvalue weighted by atomic mass is 10.0. The third kappa shape index (κ3) is 58.3. The van der Waals surface area contributed by atoms with Crippen molar-refractivity contribution in [1.29, 1.82) is 0 Å². The van der Waals surface area contributed by atoms with Crippen molar-refractivity contribution in [2.45, 2.75) is 341 Å². The molecule has 0 bridgehead atoms. The Morgan fingerprint density at radius 2 is 0.500 bits per heavy atom. The zero-order valence-electron chi connectivity index (χ0n) is 48.2. The quantitative estimate of drug-likeness (QED) is 0.0261. The Balaban J connectivity index is 4.35. The van der Waals surface area contributed by atoms with E-state index in [-0.39, 0.29) is 31.1 Å². The van der Waals surface area contributed by atoms with Crippen molar-refractivity contribution in [3.8, 4) is 0 Å². The summed E-state index contributed by atoms with van der Waals surface area (Å²) in [6.45, 7) is 6.64. The lowest BCUT2D eigenvalue weighted by Gasteiger charge is -2.18. The van der Waals surface area contributed by atoms with Crippen LogP contribution in [0.5, 0.6) is 0 Å². The second kappa shape index (κ2) is 60.9. The fourth-order valence-corrected chi connectivity index (χ4v) is 9.27. The first-order valence-corrected chi connectivity index (χ1v) is 31.6. The Labute approximate surface area is 448 Å². The zero-order chi connectivity index (χ0) is 52.2. The summed E-state index contributed by atoms with van der Waals surface area (Å²) in [5.74, 6) is -0.860. The van der Waals surface area contributed by atoms with Crippen molar-refractivity contribution >= 4 is 17.9 Å². The molecule has 0 radical (unpaired) electrons. The van der Waals surface area contributed by atoms with Crippen LogP contribution in [0.4, 0.5) is 0 Å². The summed E-state index contributed by atoms with van der Waals surface area (Å²) < 4.78 is 16.9. The maximum atomic E-state index is 12.9. The number of carbonyl (C=O) groups excluding carboxylic acids is 3. The van der Waals surface area contributed by atoms with Crippen molar-refractivity contribution in [2.75, 3.05) is 13.2 Å². The van der Waals surface area contributed by atoms with Crippen molar-refractivity contribution in [1.82, 2.24) is 0 Å². The van der Waals surface area contributed by atoms with Crippen LogP contribution in [-0.4, -0.2) is 37.2 Å². The minimum absolute atomic E-state index is 0.0723. The summed E-state index contributed by atoms with van der Waals surface area (Å²) in [5, 5.41) is 0. The number of carbonyl (C=O) groups is 3. The van der Waals surface area contributed by atoms with Gasteiger partial charge in [-0.3, -0.25) is 14.4 Å². The standard InChI is InChI=1S/C66H120O6/c1-4-7-10-13-16-19-22-25-28-31-33-35-38-41-44-47-50-53-56-59-65(68)71-62-63(61-70-64(67)58-55-52-49-46-43-40-37-30-27-24-21-18-15-12-9-6-3)72-66(69)60-57-54-51-48-45-42-39-36-34-32-29-26-23-20-17-14-11-8-5-2/h16-17,19-20,25-26,28-29,63H,4-15,18,21-24,27,30-62H2,1-3H3/b19-16-,20-17-,28-25-,29-26-. The van der Waals surface area contributed by atoms with E-state index < -0.39 is 6.10 Å². The summed E-state index contributed by atoms with van der Waals surface area (Å²) in [6.07, 6.45) is 75.3. The third-order valence-corrected chi connectivity index (χ3v) is 14.1. The van der Waals surface area contributed by atoms with E-state index in [1.807, 2.05) is 0 Å². The topological polar surface area (TPSA) is 78.9 Å². The molecular formula is C66H120O6. The second-order valence-corrected chi connectivity index (χ2v) is 21.3. The zero-order valence-corrected chi connectivity index (χ0v) is 48.2. The van der Waals surface area contributed by atoms with Crippen molar-refractivity contribution in [3.05, 3.63) is 48.6 Å². The highest BCUT2D eigenvalue weighted by atomic mass is 16.6. The number of hydrogen-bond acceptors (Lipinski definition) is 6. The number of ether oxygens (including phenoxy) is 3. The molecule has 0 aromatic carbocycles. The molecule has 0 aliphatic heterocycles. The normalized spacial score (nSPS) is 12.3. The molecule has 420 valence electrons. The predicted octanol–water partition coefficient (Wildman–Crippen LogP) is 21.4. The monoisotopic (exact) mass is 1010 g/mol. The fourth-order valence-electron chi connectivity index (χ4n) is 9.27. The van der Waals surface area contributed by atoms with Crippen LogP contribution in [0.25, 0.3) is 0 Å².